The molecule has 1 saturated carbocycles. The molecule has 0 radical (unpaired) electrons. The Kier molecular flexibility index (Phi) is 4.33. The number of rotatable bonds is 3. The topological polar surface area (TPSA) is 75.0 Å². The minimum Gasteiger partial charge on any atom is -0.472 e. The maximum absolute atomic E-state index is 13.7. The van der Waals surface area contributed by atoms with Crippen LogP contribution in [0.4, 0.5) is 0 Å². The van der Waals surface area contributed by atoms with Gasteiger partial charge in [0, 0.05) is 28.1 Å². The predicted octanol–water partition coefficient (Wildman–Crippen LogP) is 4.22. The molecule has 0 bridgehead atoms. The lowest BCUT2D eigenvalue weighted by atomic mass is 9.42. The number of esters is 1. The average Bonchev–Trinajstić information content (AvgIpc) is 3.54. The van der Waals surface area contributed by atoms with Gasteiger partial charge in [-0.25, -0.2) is 0 Å². The molecule has 5 aliphatic rings. The number of hydrogen-bond donors (Lipinski definition) is 0. The summed E-state index contributed by atoms with van der Waals surface area (Å²) in [4.78, 5) is 26.4. The highest BCUT2D eigenvalue weighted by atomic mass is 16.6. The third-order valence-electron chi connectivity index (χ3n) is 9.91. The third-order valence-corrected chi connectivity index (χ3v) is 9.91. The Labute approximate surface area is 194 Å². The number of carbonyl (C=O) groups is 2. The summed E-state index contributed by atoms with van der Waals surface area (Å²) in [5.74, 6) is -0.281. The molecular weight excluding hydrogens is 420 g/mol. The van der Waals surface area contributed by atoms with E-state index in [0.29, 0.717) is 6.61 Å². The van der Waals surface area contributed by atoms with Crippen LogP contribution in [0.15, 0.2) is 46.3 Å². The number of fused-ring (bicyclic) bond motifs is 4. The van der Waals surface area contributed by atoms with Crippen LogP contribution >= 0.6 is 0 Å². The van der Waals surface area contributed by atoms with Crippen LogP contribution in [0.2, 0.25) is 0 Å². The molecule has 33 heavy (non-hydrogen) atoms. The van der Waals surface area contributed by atoms with Crippen LogP contribution in [-0.2, 0) is 23.8 Å². The normalized spacial score (nSPS) is 47.5. The molecular formula is C27H32O6. The van der Waals surface area contributed by atoms with E-state index in [1.165, 1.54) is 18.3 Å². The van der Waals surface area contributed by atoms with Gasteiger partial charge in [0.15, 0.2) is 5.78 Å². The highest BCUT2D eigenvalue weighted by molar-refractivity contribution is 5.97. The molecule has 9 atom stereocenters. The molecule has 0 aromatic carbocycles. The van der Waals surface area contributed by atoms with Crippen molar-refractivity contribution in [3.8, 4) is 0 Å². The van der Waals surface area contributed by atoms with E-state index in [0.717, 1.165) is 12.0 Å². The monoisotopic (exact) mass is 452 g/mol. The zero-order valence-corrected chi connectivity index (χ0v) is 19.9. The van der Waals surface area contributed by atoms with Gasteiger partial charge in [0.2, 0.25) is 0 Å². The molecule has 0 spiro atoms. The lowest BCUT2D eigenvalue weighted by molar-refractivity contribution is -0.188. The standard InChI is InChI=1S/C27H32O6/c1-14-16(15-7-9-31-12-15)10-17-21(14)27(4)18(11-20(29)30-5)26(3)19(28)6-8-25(2)13-32-22(23(25)26)24(27)33-17/h6-9,12,16-18,22-24H,10-11,13H2,1-5H3/t16-,17-,18-,22-,23-,24-,25?,26+,27-/m1/s1. The molecule has 176 valence electrons. The zero-order valence-electron chi connectivity index (χ0n) is 19.9. The van der Waals surface area contributed by atoms with Gasteiger partial charge < -0.3 is 18.6 Å². The molecule has 3 aliphatic carbocycles. The van der Waals surface area contributed by atoms with Gasteiger partial charge in [0.25, 0.3) is 0 Å². The van der Waals surface area contributed by atoms with Crippen LogP contribution in [0, 0.1) is 28.1 Å². The second-order valence-corrected chi connectivity index (χ2v) is 11.3. The molecule has 2 saturated heterocycles. The quantitative estimate of drug-likeness (QED) is 0.505. The van der Waals surface area contributed by atoms with Crippen molar-refractivity contribution < 1.29 is 28.2 Å². The summed E-state index contributed by atoms with van der Waals surface area (Å²) in [6, 6.07) is 2.01. The van der Waals surface area contributed by atoms with Gasteiger partial charge >= 0.3 is 5.97 Å². The smallest absolute Gasteiger partial charge is 0.305 e. The molecule has 3 fully saturated rings. The van der Waals surface area contributed by atoms with E-state index in [1.54, 1.807) is 18.6 Å². The van der Waals surface area contributed by atoms with E-state index in [-0.39, 0.29) is 59.7 Å². The van der Waals surface area contributed by atoms with Crippen molar-refractivity contribution in [1.29, 1.82) is 0 Å². The van der Waals surface area contributed by atoms with E-state index >= 15 is 0 Å². The van der Waals surface area contributed by atoms with Crippen LogP contribution in [0.1, 0.15) is 52.0 Å². The van der Waals surface area contributed by atoms with Gasteiger partial charge in [-0.05, 0) is 42.5 Å². The molecule has 3 heterocycles. The first-order valence-corrected chi connectivity index (χ1v) is 12.0. The summed E-state index contributed by atoms with van der Waals surface area (Å²) in [6.45, 7) is 9.17. The second-order valence-electron chi connectivity index (χ2n) is 11.3. The molecule has 0 N–H and O–H groups in total. The molecule has 6 heteroatoms. The lowest BCUT2D eigenvalue weighted by Crippen LogP contribution is -2.66. The Hall–Kier alpha value is -2.18. The molecule has 0 amide bonds. The minimum atomic E-state index is -0.747. The predicted molar refractivity (Wildman–Crippen MR) is 119 cm³/mol. The van der Waals surface area contributed by atoms with Gasteiger partial charge in [-0.3, -0.25) is 9.59 Å². The van der Waals surface area contributed by atoms with Crippen molar-refractivity contribution >= 4 is 11.8 Å². The highest BCUT2D eigenvalue weighted by Gasteiger charge is 2.75. The molecule has 1 aromatic rings. The summed E-state index contributed by atoms with van der Waals surface area (Å²) < 4.78 is 23.8. The van der Waals surface area contributed by atoms with Gasteiger partial charge in [-0.15, -0.1) is 0 Å². The Morgan fingerprint density at radius 3 is 2.73 bits per heavy atom. The van der Waals surface area contributed by atoms with E-state index in [4.69, 9.17) is 18.6 Å². The van der Waals surface area contributed by atoms with Crippen molar-refractivity contribution in [3.63, 3.8) is 0 Å². The summed E-state index contributed by atoms with van der Waals surface area (Å²) in [5.41, 5.74) is 2.14. The SMILES string of the molecule is COC(=O)C[C@H]1[C@]2(C)C3=C(C)[C@H](c4ccoc4)C[C@H]3O[C@@H]2[C@@H]2OCC3(C)C=CC(=O)[C@@]1(C)[C@H]23. The first kappa shape index (κ1) is 21.4. The maximum atomic E-state index is 13.7. The lowest BCUT2D eigenvalue weighted by Gasteiger charge is -2.60. The van der Waals surface area contributed by atoms with E-state index in [1.807, 2.05) is 12.1 Å². The molecule has 2 aliphatic heterocycles. The fourth-order valence-electron chi connectivity index (χ4n) is 8.54. The summed E-state index contributed by atoms with van der Waals surface area (Å²) in [5, 5.41) is 0. The molecule has 6 rings (SSSR count). The Balaban J connectivity index is 1.56. The first-order valence-electron chi connectivity index (χ1n) is 12.0. The average molecular weight is 453 g/mol. The number of furan rings is 1. The zero-order chi connectivity index (χ0) is 23.3. The molecule has 6 nitrogen and oxygen atoms in total. The van der Waals surface area contributed by atoms with Crippen molar-refractivity contribution in [2.45, 2.75) is 64.8 Å². The van der Waals surface area contributed by atoms with E-state index in [2.05, 4.69) is 27.7 Å². The summed E-state index contributed by atoms with van der Waals surface area (Å²) >= 11 is 0. The number of ether oxygens (including phenoxy) is 3. The van der Waals surface area contributed by atoms with Gasteiger partial charge in [-0.1, -0.05) is 32.4 Å². The maximum Gasteiger partial charge on any atom is 0.305 e. The Bertz CT molecular complexity index is 1080. The molecule has 1 aromatic heterocycles. The van der Waals surface area contributed by atoms with Crippen LogP contribution in [-0.4, -0.2) is 43.8 Å². The highest BCUT2D eigenvalue weighted by Crippen LogP contribution is 2.71. The van der Waals surface area contributed by atoms with Crippen molar-refractivity contribution in [2.75, 3.05) is 13.7 Å². The van der Waals surface area contributed by atoms with Crippen LogP contribution in [0.3, 0.4) is 0 Å². The van der Waals surface area contributed by atoms with Gasteiger partial charge in [-0.2, -0.15) is 0 Å². The largest absolute Gasteiger partial charge is 0.472 e. The van der Waals surface area contributed by atoms with Crippen LogP contribution in [0.5, 0.6) is 0 Å². The number of hydrogen-bond acceptors (Lipinski definition) is 6. The van der Waals surface area contributed by atoms with E-state index in [9.17, 15) is 9.59 Å². The van der Waals surface area contributed by atoms with E-state index < -0.39 is 10.8 Å². The summed E-state index contributed by atoms with van der Waals surface area (Å²) in [6.07, 6.45) is 7.85. The number of ketones is 1. The fourth-order valence-corrected chi connectivity index (χ4v) is 8.54. The number of allylic oxidation sites excluding steroid dienone is 2. The summed E-state index contributed by atoms with van der Waals surface area (Å²) in [7, 11) is 1.42. The second kappa shape index (κ2) is 6.70. The van der Waals surface area contributed by atoms with Crippen LogP contribution in [0.25, 0.3) is 0 Å². The third kappa shape index (κ3) is 2.46. The van der Waals surface area contributed by atoms with Crippen molar-refractivity contribution in [2.24, 2.45) is 28.1 Å². The first-order chi connectivity index (χ1) is 15.7. The molecule has 1 unspecified atom stereocenters. The fraction of sp³-hybridized carbons (Fsp3) is 0.630. The Morgan fingerprint density at radius 1 is 1.24 bits per heavy atom. The Morgan fingerprint density at radius 2 is 2.03 bits per heavy atom. The van der Waals surface area contributed by atoms with Crippen molar-refractivity contribution in [1.82, 2.24) is 0 Å². The number of methoxy groups -OCH3 is 1. The van der Waals surface area contributed by atoms with Gasteiger partial charge in [0.05, 0.1) is 51.0 Å². The van der Waals surface area contributed by atoms with Crippen LogP contribution < -0.4 is 0 Å². The minimum absolute atomic E-state index is 0.0420. The van der Waals surface area contributed by atoms with Crippen molar-refractivity contribution in [3.05, 3.63) is 47.5 Å². The van der Waals surface area contributed by atoms with Gasteiger partial charge in [0.1, 0.15) is 0 Å². The number of carbonyl (C=O) groups excluding carboxylic acids is 2.